The van der Waals surface area contributed by atoms with E-state index in [1.807, 2.05) is 0 Å². The molecule has 5 heteroatoms. The van der Waals surface area contributed by atoms with E-state index in [4.69, 9.17) is 11.6 Å². The number of carbonyl (C=O) groups is 1. The van der Waals surface area contributed by atoms with Gasteiger partial charge < -0.3 is 4.90 Å². The predicted octanol–water partition coefficient (Wildman–Crippen LogP) is 2.93. The second-order valence-corrected chi connectivity index (χ2v) is 4.97. The van der Waals surface area contributed by atoms with Crippen molar-refractivity contribution in [2.45, 2.75) is 11.8 Å². The van der Waals surface area contributed by atoms with E-state index in [0.29, 0.717) is 23.1 Å². The van der Waals surface area contributed by atoms with E-state index in [1.165, 1.54) is 17.0 Å². The summed E-state index contributed by atoms with van der Waals surface area (Å²) < 4.78 is 13.7. The molecule has 0 N–H and O–H groups in total. The van der Waals surface area contributed by atoms with Crippen molar-refractivity contribution in [1.29, 1.82) is 0 Å². The first kappa shape index (κ1) is 10.9. The summed E-state index contributed by atoms with van der Waals surface area (Å²) in [4.78, 5) is 13.0. The summed E-state index contributed by atoms with van der Waals surface area (Å²) >= 11 is 9.05. The van der Waals surface area contributed by atoms with E-state index in [1.54, 1.807) is 6.07 Å². The molecule has 1 aliphatic heterocycles. The summed E-state index contributed by atoms with van der Waals surface area (Å²) in [5, 5.41) is -0.181. The Kier molecular flexibility index (Phi) is 2.98. The summed E-state index contributed by atoms with van der Waals surface area (Å²) in [5.74, 6) is -0.433. The third kappa shape index (κ3) is 2.32. The fourth-order valence-electron chi connectivity index (χ4n) is 1.61. The molecule has 1 aromatic rings. The zero-order valence-corrected chi connectivity index (χ0v) is 10.1. The topological polar surface area (TPSA) is 20.3 Å². The summed E-state index contributed by atoms with van der Waals surface area (Å²) in [6, 6.07) is 4.38. The van der Waals surface area contributed by atoms with E-state index in [2.05, 4.69) is 15.9 Å². The van der Waals surface area contributed by atoms with Crippen LogP contribution in [0.1, 0.15) is 6.42 Å². The fourth-order valence-corrected chi connectivity index (χ4v) is 2.33. The lowest BCUT2D eigenvalue weighted by atomic mass is 10.3. The van der Waals surface area contributed by atoms with Crippen LogP contribution in [0.25, 0.3) is 0 Å². The third-order valence-corrected chi connectivity index (χ3v) is 2.99. The smallest absolute Gasteiger partial charge is 0.228 e. The summed E-state index contributed by atoms with van der Waals surface area (Å²) in [6.45, 7) is 0.441. The van der Waals surface area contributed by atoms with E-state index in [9.17, 15) is 9.18 Å². The van der Waals surface area contributed by atoms with Gasteiger partial charge in [-0.3, -0.25) is 4.79 Å². The molecule has 0 radical (unpaired) electrons. The van der Waals surface area contributed by atoms with Gasteiger partial charge in [-0.25, -0.2) is 4.39 Å². The Bertz CT molecular complexity index is 392. The highest BCUT2D eigenvalue weighted by Gasteiger charge is 2.29. The highest BCUT2D eigenvalue weighted by Crippen LogP contribution is 2.27. The first-order chi connectivity index (χ1) is 7.06. The standard InChI is InChI=1S/C10H8BrClFNO/c11-6-1-8(13)4-9(2-6)14-5-7(12)3-10(14)15/h1-2,4,7H,3,5H2. The van der Waals surface area contributed by atoms with E-state index >= 15 is 0 Å². The lowest BCUT2D eigenvalue weighted by Crippen LogP contribution is -2.24. The average molecular weight is 293 g/mol. The Balaban J connectivity index is 2.33. The lowest BCUT2D eigenvalue weighted by molar-refractivity contribution is -0.117. The largest absolute Gasteiger partial charge is 0.311 e. The van der Waals surface area contributed by atoms with Gasteiger partial charge in [-0.05, 0) is 18.2 Å². The van der Waals surface area contributed by atoms with Gasteiger partial charge in [-0.15, -0.1) is 11.6 Å². The van der Waals surface area contributed by atoms with Gasteiger partial charge in [0.25, 0.3) is 0 Å². The van der Waals surface area contributed by atoms with Gasteiger partial charge in [0.15, 0.2) is 0 Å². The Labute approximate surface area is 100 Å². The predicted molar refractivity (Wildman–Crippen MR) is 60.7 cm³/mol. The monoisotopic (exact) mass is 291 g/mol. The van der Waals surface area contributed by atoms with Crippen LogP contribution in [0.4, 0.5) is 10.1 Å². The zero-order valence-electron chi connectivity index (χ0n) is 7.71. The van der Waals surface area contributed by atoms with Gasteiger partial charge >= 0.3 is 0 Å². The maximum absolute atomic E-state index is 13.1. The Morgan fingerprint density at radius 1 is 1.47 bits per heavy atom. The maximum atomic E-state index is 13.1. The van der Waals surface area contributed by atoms with Crippen molar-refractivity contribution in [3.05, 3.63) is 28.5 Å². The van der Waals surface area contributed by atoms with Crippen molar-refractivity contribution in [2.24, 2.45) is 0 Å². The number of halogens is 3. The summed E-state index contributed by atoms with van der Waals surface area (Å²) in [7, 11) is 0. The van der Waals surface area contributed by atoms with E-state index in [-0.39, 0.29) is 17.1 Å². The molecule has 15 heavy (non-hydrogen) atoms. The number of amides is 1. The van der Waals surface area contributed by atoms with Crippen molar-refractivity contribution in [2.75, 3.05) is 11.4 Å². The molecule has 1 fully saturated rings. The number of hydrogen-bond acceptors (Lipinski definition) is 1. The molecule has 2 rings (SSSR count). The summed E-state index contributed by atoms with van der Waals surface area (Å²) in [5.41, 5.74) is 0.551. The average Bonchev–Trinajstić information content (AvgIpc) is 2.43. The molecule has 1 saturated heterocycles. The Morgan fingerprint density at radius 2 is 2.20 bits per heavy atom. The molecule has 1 unspecified atom stereocenters. The van der Waals surface area contributed by atoms with Crippen molar-refractivity contribution >= 4 is 39.1 Å². The van der Waals surface area contributed by atoms with Crippen LogP contribution in [-0.2, 0) is 4.79 Å². The van der Waals surface area contributed by atoms with Crippen LogP contribution in [0.15, 0.2) is 22.7 Å². The van der Waals surface area contributed by atoms with Crippen molar-refractivity contribution in [1.82, 2.24) is 0 Å². The molecule has 2 nitrogen and oxygen atoms in total. The quantitative estimate of drug-likeness (QED) is 0.729. The van der Waals surface area contributed by atoms with Gasteiger partial charge in [0.1, 0.15) is 5.82 Å². The Hall–Kier alpha value is -0.610. The van der Waals surface area contributed by atoms with Crippen molar-refractivity contribution in [3.63, 3.8) is 0 Å². The van der Waals surface area contributed by atoms with E-state index in [0.717, 1.165) is 0 Å². The van der Waals surface area contributed by atoms with Crippen molar-refractivity contribution < 1.29 is 9.18 Å². The molecule has 0 aliphatic carbocycles. The van der Waals surface area contributed by atoms with Gasteiger partial charge in [-0.2, -0.15) is 0 Å². The molecule has 1 aliphatic rings. The first-order valence-corrected chi connectivity index (χ1v) is 5.70. The molecule has 1 amide bonds. The Morgan fingerprint density at radius 3 is 2.73 bits per heavy atom. The maximum Gasteiger partial charge on any atom is 0.228 e. The van der Waals surface area contributed by atoms with Crippen molar-refractivity contribution in [3.8, 4) is 0 Å². The van der Waals surface area contributed by atoms with Gasteiger partial charge in [0.05, 0.1) is 5.38 Å². The highest BCUT2D eigenvalue weighted by molar-refractivity contribution is 9.10. The van der Waals surface area contributed by atoms with Crippen LogP contribution in [0.2, 0.25) is 0 Å². The van der Waals surface area contributed by atoms with Gasteiger partial charge in [0, 0.05) is 23.1 Å². The number of nitrogens with zero attached hydrogens (tertiary/aromatic N) is 1. The second kappa shape index (κ2) is 4.10. The minimum Gasteiger partial charge on any atom is -0.311 e. The molecule has 0 bridgehead atoms. The van der Waals surface area contributed by atoms with E-state index < -0.39 is 0 Å². The highest BCUT2D eigenvalue weighted by atomic mass is 79.9. The normalized spacial score (nSPS) is 21.1. The van der Waals surface area contributed by atoms with Crippen LogP contribution in [-0.4, -0.2) is 17.8 Å². The lowest BCUT2D eigenvalue weighted by Gasteiger charge is -2.16. The molecule has 1 heterocycles. The molecular formula is C10H8BrClFNO. The first-order valence-electron chi connectivity index (χ1n) is 4.47. The molecule has 1 aromatic carbocycles. The van der Waals surface area contributed by atoms with Crippen LogP contribution < -0.4 is 4.90 Å². The number of benzene rings is 1. The zero-order chi connectivity index (χ0) is 11.0. The molecule has 0 spiro atoms. The molecule has 0 aromatic heterocycles. The molecule has 1 atom stereocenters. The number of rotatable bonds is 1. The fraction of sp³-hybridized carbons (Fsp3) is 0.300. The minimum atomic E-state index is -0.370. The third-order valence-electron chi connectivity index (χ3n) is 2.24. The van der Waals surface area contributed by atoms with Crippen LogP contribution in [0, 0.1) is 5.82 Å². The number of carbonyl (C=O) groups excluding carboxylic acids is 1. The molecular weight excluding hydrogens is 284 g/mol. The number of anilines is 1. The van der Waals surface area contributed by atoms with Crippen LogP contribution in [0.3, 0.4) is 0 Å². The molecule has 0 saturated carbocycles. The SMILES string of the molecule is O=C1CC(Cl)CN1c1cc(F)cc(Br)c1. The number of alkyl halides is 1. The van der Waals surface area contributed by atoms with Gasteiger partial charge in [0.2, 0.25) is 5.91 Å². The van der Waals surface area contributed by atoms with Gasteiger partial charge in [-0.1, -0.05) is 15.9 Å². The van der Waals surface area contributed by atoms with Crippen LogP contribution in [0.5, 0.6) is 0 Å². The number of hydrogen-bond donors (Lipinski definition) is 0. The minimum absolute atomic E-state index is 0.0625. The molecule has 80 valence electrons. The van der Waals surface area contributed by atoms with Crippen LogP contribution >= 0.6 is 27.5 Å². The summed E-state index contributed by atoms with van der Waals surface area (Å²) in [6.07, 6.45) is 0.315. The second-order valence-electron chi connectivity index (χ2n) is 3.43.